The van der Waals surface area contributed by atoms with Gasteiger partial charge in [0, 0.05) is 49.0 Å². The average Bonchev–Trinajstić information content (AvgIpc) is 4.05. The van der Waals surface area contributed by atoms with Crippen molar-refractivity contribution in [2.24, 2.45) is 0 Å². The van der Waals surface area contributed by atoms with E-state index in [0.717, 1.165) is 82.1 Å². The highest BCUT2D eigenvalue weighted by Gasteiger charge is 2.24. The molecule has 15 aromatic rings. The Labute approximate surface area is 382 Å². The molecule has 0 bridgehead atoms. The lowest BCUT2D eigenvalue weighted by molar-refractivity contribution is 0.669. The van der Waals surface area contributed by atoms with Gasteiger partial charge in [-0.25, -0.2) is 4.98 Å². The fourth-order valence-corrected chi connectivity index (χ4v) is 10.8. The van der Waals surface area contributed by atoms with E-state index in [1.54, 1.807) is 0 Å². The van der Waals surface area contributed by atoms with Crippen LogP contribution in [0.25, 0.3) is 143 Å². The molecular formula is C61H35N5O. The monoisotopic (exact) mass is 853 g/mol. The third-order valence-electron chi connectivity index (χ3n) is 13.9. The van der Waals surface area contributed by atoms with E-state index in [1.807, 2.05) is 6.07 Å². The molecule has 4 heterocycles. The Morgan fingerprint density at radius 1 is 0.343 bits per heavy atom. The fraction of sp³-hybridized carbons (Fsp3) is 0. The molecule has 0 N–H and O–H groups in total. The summed E-state index contributed by atoms with van der Waals surface area (Å²) in [5, 5.41) is 16.0. The third-order valence-corrected chi connectivity index (χ3v) is 13.9. The highest BCUT2D eigenvalue weighted by Crippen LogP contribution is 2.44. The molecule has 4 aromatic heterocycles. The van der Waals surface area contributed by atoms with E-state index < -0.39 is 0 Å². The Bertz CT molecular complexity index is 4540. The Morgan fingerprint density at radius 3 is 1.75 bits per heavy atom. The first-order valence-electron chi connectivity index (χ1n) is 22.7. The molecule has 15 rings (SSSR count). The Kier molecular flexibility index (Phi) is 7.40. The lowest BCUT2D eigenvalue weighted by Crippen LogP contribution is -2.06. The second-order valence-electron chi connectivity index (χ2n) is 17.6. The molecule has 11 aromatic carbocycles. The minimum absolute atomic E-state index is 0.533. The molecule has 0 radical (unpaired) electrons. The van der Waals surface area contributed by atoms with Gasteiger partial charge in [0.2, 0.25) is 5.95 Å². The van der Waals surface area contributed by atoms with Crippen LogP contribution in [0.1, 0.15) is 0 Å². The lowest BCUT2D eigenvalue weighted by atomic mass is 9.99. The molecule has 0 unspecified atom stereocenters. The van der Waals surface area contributed by atoms with Crippen molar-refractivity contribution in [1.29, 1.82) is 0 Å². The predicted octanol–water partition coefficient (Wildman–Crippen LogP) is 15.9. The molecule has 0 fully saturated rings. The van der Waals surface area contributed by atoms with Crippen molar-refractivity contribution >= 4 is 109 Å². The first-order valence-corrected chi connectivity index (χ1v) is 22.7. The van der Waals surface area contributed by atoms with Crippen LogP contribution in [0.4, 0.5) is 0 Å². The van der Waals surface area contributed by atoms with Gasteiger partial charge in [0.05, 0.1) is 27.6 Å². The number of rotatable bonds is 4. The third kappa shape index (κ3) is 5.29. The maximum Gasteiger partial charge on any atom is 0.238 e. The van der Waals surface area contributed by atoms with Gasteiger partial charge in [-0.15, -0.1) is 0 Å². The van der Waals surface area contributed by atoms with Gasteiger partial charge in [-0.1, -0.05) is 158 Å². The summed E-state index contributed by atoms with van der Waals surface area (Å²) in [7, 11) is 0. The Morgan fingerprint density at radius 2 is 0.955 bits per heavy atom. The van der Waals surface area contributed by atoms with Crippen LogP contribution in [0.2, 0.25) is 0 Å². The molecule has 0 spiro atoms. The molecule has 67 heavy (non-hydrogen) atoms. The van der Waals surface area contributed by atoms with Crippen molar-refractivity contribution in [3.8, 4) is 34.4 Å². The van der Waals surface area contributed by atoms with Gasteiger partial charge in [0.15, 0.2) is 11.6 Å². The number of hydrogen-bond donors (Lipinski definition) is 0. The van der Waals surface area contributed by atoms with Crippen LogP contribution >= 0.6 is 0 Å². The van der Waals surface area contributed by atoms with Crippen molar-refractivity contribution < 1.29 is 4.42 Å². The predicted molar refractivity (Wildman–Crippen MR) is 277 cm³/mol. The van der Waals surface area contributed by atoms with Gasteiger partial charge >= 0.3 is 0 Å². The van der Waals surface area contributed by atoms with Crippen LogP contribution in [0, 0.1) is 0 Å². The second-order valence-corrected chi connectivity index (χ2v) is 17.6. The van der Waals surface area contributed by atoms with E-state index in [-0.39, 0.29) is 0 Å². The van der Waals surface area contributed by atoms with Crippen LogP contribution < -0.4 is 0 Å². The molecule has 310 valence electrons. The van der Waals surface area contributed by atoms with Crippen LogP contribution in [-0.2, 0) is 0 Å². The summed E-state index contributed by atoms with van der Waals surface area (Å²) in [6.07, 6.45) is 0. The SMILES string of the molecule is c1ccc2cc(-c3nc(-c4cc5ccc(-n6c7cc8ccccc8cc7c7ccc8ccccc8c76)cc5c5c4oc4ccccc45)nc(-n4c5ccccc5c5ccccc54)n3)ccc2c1. The summed E-state index contributed by atoms with van der Waals surface area (Å²) >= 11 is 0. The zero-order chi connectivity index (χ0) is 43.7. The number of hydrogen-bond acceptors (Lipinski definition) is 4. The summed E-state index contributed by atoms with van der Waals surface area (Å²) in [5.74, 6) is 1.65. The fourth-order valence-electron chi connectivity index (χ4n) is 10.8. The lowest BCUT2D eigenvalue weighted by Gasteiger charge is -2.14. The number of fused-ring (bicyclic) bond motifs is 15. The van der Waals surface area contributed by atoms with Crippen molar-refractivity contribution in [3.05, 3.63) is 212 Å². The van der Waals surface area contributed by atoms with E-state index in [0.29, 0.717) is 17.6 Å². The van der Waals surface area contributed by atoms with Gasteiger partial charge in [-0.2, -0.15) is 9.97 Å². The highest BCUT2D eigenvalue weighted by atomic mass is 16.3. The molecular weight excluding hydrogens is 819 g/mol. The Hall–Kier alpha value is -9.13. The number of para-hydroxylation sites is 3. The van der Waals surface area contributed by atoms with E-state index in [9.17, 15) is 0 Å². The standard InChI is InChI=1S/C61H35N5O/c1-2-15-38-31-42(26-25-36(38)13-1)59-62-60(64-61(63-59)66-52-22-10-7-19-45(52)46-20-8-11-23-53(46)66)51-33-41-27-29-43(35-49(41)56-48-21-9-12-24-55(48)67-58(51)56)65-54-34-40-17-4-3-16-39(40)32-50(54)47-30-28-37-14-5-6-18-44(37)57(47)65/h1-35H. The first-order chi connectivity index (χ1) is 33.2. The second kappa shape index (κ2) is 13.7. The number of nitrogens with zero attached hydrogens (tertiary/aromatic N) is 5. The molecule has 0 aliphatic carbocycles. The van der Waals surface area contributed by atoms with Gasteiger partial charge < -0.3 is 8.98 Å². The quantitative estimate of drug-likeness (QED) is 0.177. The summed E-state index contributed by atoms with van der Waals surface area (Å²) in [6, 6.07) is 75.7. The zero-order valence-electron chi connectivity index (χ0n) is 35.9. The highest BCUT2D eigenvalue weighted by molar-refractivity contribution is 6.24. The zero-order valence-corrected chi connectivity index (χ0v) is 35.9. The van der Waals surface area contributed by atoms with Crippen LogP contribution in [0.15, 0.2) is 217 Å². The summed E-state index contributed by atoms with van der Waals surface area (Å²) in [6.45, 7) is 0. The van der Waals surface area contributed by atoms with Crippen LogP contribution in [0.3, 0.4) is 0 Å². The van der Waals surface area contributed by atoms with Crippen LogP contribution in [0.5, 0.6) is 0 Å². The van der Waals surface area contributed by atoms with E-state index >= 15 is 0 Å². The minimum Gasteiger partial charge on any atom is -0.455 e. The molecule has 0 amide bonds. The van der Waals surface area contributed by atoms with E-state index in [1.165, 1.54) is 43.4 Å². The molecule has 0 aliphatic heterocycles. The number of aromatic nitrogens is 5. The largest absolute Gasteiger partial charge is 0.455 e. The van der Waals surface area contributed by atoms with Gasteiger partial charge in [0.1, 0.15) is 11.2 Å². The first kappa shape index (κ1) is 36.2. The normalized spacial score (nSPS) is 12.2. The van der Waals surface area contributed by atoms with E-state index in [2.05, 4.69) is 215 Å². The molecule has 0 atom stereocenters. The molecule has 0 saturated heterocycles. The maximum atomic E-state index is 6.98. The topological polar surface area (TPSA) is 61.7 Å². The molecule has 6 nitrogen and oxygen atoms in total. The van der Waals surface area contributed by atoms with Crippen molar-refractivity contribution in [2.75, 3.05) is 0 Å². The summed E-state index contributed by atoms with van der Waals surface area (Å²) < 4.78 is 11.6. The van der Waals surface area contributed by atoms with Gasteiger partial charge in [-0.05, 0) is 92.3 Å². The average molecular weight is 854 g/mol. The smallest absolute Gasteiger partial charge is 0.238 e. The maximum absolute atomic E-state index is 6.98. The number of benzene rings is 11. The summed E-state index contributed by atoms with van der Waals surface area (Å²) in [5.41, 5.74) is 8.72. The van der Waals surface area contributed by atoms with Crippen LogP contribution in [-0.4, -0.2) is 24.1 Å². The van der Waals surface area contributed by atoms with Crippen molar-refractivity contribution in [2.45, 2.75) is 0 Å². The van der Waals surface area contributed by atoms with Crippen molar-refractivity contribution in [3.63, 3.8) is 0 Å². The molecule has 0 aliphatic rings. The Balaban J connectivity index is 1.03. The minimum atomic E-state index is 0.533. The van der Waals surface area contributed by atoms with Gasteiger partial charge in [-0.3, -0.25) is 4.57 Å². The molecule has 6 heteroatoms. The van der Waals surface area contributed by atoms with Crippen molar-refractivity contribution in [1.82, 2.24) is 24.1 Å². The molecule has 0 saturated carbocycles. The summed E-state index contributed by atoms with van der Waals surface area (Å²) in [4.78, 5) is 16.1. The van der Waals surface area contributed by atoms with E-state index in [4.69, 9.17) is 19.4 Å². The van der Waals surface area contributed by atoms with Gasteiger partial charge in [0.25, 0.3) is 0 Å². The number of furan rings is 1.